The normalized spacial score (nSPS) is 11.0. The predicted molar refractivity (Wildman–Crippen MR) is 100 cm³/mol. The number of H-pyrrole nitrogens is 1. The second-order valence-corrected chi connectivity index (χ2v) is 6.07. The molecule has 0 bridgehead atoms. The van der Waals surface area contributed by atoms with Crippen LogP contribution in [0.2, 0.25) is 0 Å². The van der Waals surface area contributed by atoms with Gasteiger partial charge in [-0.25, -0.2) is 4.98 Å². The molecular formula is C20H16N4O3. The highest BCUT2D eigenvalue weighted by Crippen LogP contribution is 2.31. The van der Waals surface area contributed by atoms with Crippen LogP contribution in [0.3, 0.4) is 0 Å². The van der Waals surface area contributed by atoms with Crippen molar-refractivity contribution >= 4 is 11.7 Å². The van der Waals surface area contributed by atoms with Gasteiger partial charge in [0.25, 0.3) is 5.56 Å². The molecule has 0 spiro atoms. The first-order chi connectivity index (χ1) is 13.1. The average Bonchev–Trinajstić information content (AvgIpc) is 3.05. The number of nitrogens with zero attached hydrogens (tertiary/aromatic N) is 3. The molecule has 0 saturated heterocycles. The lowest BCUT2D eigenvalue weighted by molar-refractivity contribution is -0.136. The Hall–Kier alpha value is -3.74. The zero-order chi connectivity index (χ0) is 18.8. The fourth-order valence-corrected chi connectivity index (χ4v) is 2.97. The van der Waals surface area contributed by atoms with Gasteiger partial charge >= 0.3 is 5.97 Å². The Balaban J connectivity index is 1.98. The molecule has 2 heterocycles. The van der Waals surface area contributed by atoms with E-state index in [1.807, 2.05) is 60.7 Å². The molecule has 0 aliphatic rings. The van der Waals surface area contributed by atoms with E-state index in [9.17, 15) is 9.59 Å². The van der Waals surface area contributed by atoms with Crippen molar-refractivity contribution in [3.63, 3.8) is 0 Å². The molecule has 0 radical (unpaired) electrons. The van der Waals surface area contributed by atoms with Gasteiger partial charge in [-0.05, 0) is 0 Å². The van der Waals surface area contributed by atoms with Crippen molar-refractivity contribution in [1.82, 2.24) is 19.6 Å². The van der Waals surface area contributed by atoms with Crippen molar-refractivity contribution in [2.75, 3.05) is 0 Å². The number of aryl methyl sites for hydroxylation is 1. The molecule has 0 atom stereocenters. The van der Waals surface area contributed by atoms with Crippen molar-refractivity contribution in [1.29, 1.82) is 0 Å². The Morgan fingerprint density at radius 2 is 1.63 bits per heavy atom. The van der Waals surface area contributed by atoms with Gasteiger partial charge in [-0.1, -0.05) is 60.7 Å². The van der Waals surface area contributed by atoms with Gasteiger partial charge in [0.15, 0.2) is 0 Å². The average molecular weight is 360 g/mol. The molecule has 0 unspecified atom stereocenters. The minimum absolute atomic E-state index is 0.0493. The van der Waals surface area contributed by atoms with Crippen LogP contribution in [0.4, 0.5) is 0 Å². The van der Waals surface area contributed by atoms with Gasteiger partial charge in [-0.2, -0.15) is 9.61 Å². The molecule has 0 saturated carbocycles. The molecule has 0 fully saturated rings. The molecule has 7 nitrogen and oxygen atoms in total. The summed E-state index contributed by atoms with van der Waals surface area (Å²) < 4.78 is 1.58. The fraction of sp³-hybridized carbons (Fsp3) is 0.100. The number of aromatic amines is 1. The van der Waals surface area contributed by atoms with Crippen molar-refractivity contribution in [2.45, 2.75) is 12.8 Å². The highest BCUT2D eigenvalue weighted by molar-refractivity contribution is 5.80. The van der Waals surface area contributed by atoms with Crippen LogP contribution in [-0.4, -0.2) is 30.7 Å². The van der Waals surface area contributed by atoms with Crippen LogP contribution in [0, 0.1) is 0 Å². The minimum Gasteiger partial charge on any atom is -0.481 e. The summed E-state index contributed by atoms with van der Waals surface area (Å²) in [6.07, 6.45) is -0.115. The van der Waals surface area contributed by atoms with Gasteiger partial charge in [0, 0.05) is 17.5 Å². The SMILES string of the molecule is O=C(O)CCc1nn2c(-c3ccccc3)c(-c3ccccc3)nc2[nH]c1=O. The third-order valence-corrected chi connectivity index (χ3v) is 4.23. The van der Waals surface area contributed by atoms with E-state index in [2.05, 4.69) is 15.1 Å². The molecule has 0 amide bonds. The highest BCUT2D eigenvalue weighted by Gasteiger charge is 2.19. The van der Waals surface area contributed by atoms with Crippen LogP contribution in [0.1, 0.15) is 12.1 Å². The van der Waals surface area contributed by atoms with E-state index in [0.29, 0.717) is 11.5 Å². The van der Waals surface area contributed by atoms with Gasteiger partial charge in [0.05, 0.1) is 6.42 Å². The number of fused-ring (bicyclic) bond motifs is 1. The Labute approximate surface area is 154 Å². The number of hydrogen-bond donors (Lipinski definition) is 2. The smallest absolute Gasteiger partial charge is 0.303 e. The molecule has 0 aliphatic heterocycles. The number of aromatic nitrogens is 4. The van der Waals surface area contributed by atoms with E-state index < -0.39 is 11.5 Å². The van der Waals surface area contributed by atoms with Crippen molar-refractivity contribution in [2.24, 2.45) is 0 Å². The van der Waals surface area contributed by atoms with Crippen LogP contribution in [0.25, 0.3) is 28.3 Å². The number of carboxylic acids is 1. The monoisotopic (exact) mass is 360 g/mol. The fourth-order valence-electron chi connectivity index (χ4n) is 2.97. The van der Waals surface area contributed by atoms with E-state index in [1.165, 1.54) is 0 Å². The summed E-state index contributed by atoms with van der Waals surface area (Å²) in [5, 5.41) is 13.3. The number of nitrogens with one attached hydrogen (secondary N) is 1. The van der Waals surface area contributed by atoms with Crippen LogP contribution < -0.4 is 5.56 Å². The first-order valence-corrected chi connectivity index (χ1v) is 8.48. The molecule has 4 aromatic rings. The summed E-state index contributed by atoms with van der Waals surface area (Å²) in [5.74, 6) is -0.660. The van der Waals surface area contributed by atoms with E-state index >= 15 is 0 Å². The van der Waals surface area contributed by atoms with Crippen LogP contribution in [0.5, 0.6) is 0 Å². The molecule has 134 valence electrons. The maximum atomic E-state index is 12.3. The van der Waals surface area contributed by atoms with Crippen LogP contribution in [-0.2, 0) is 11.2 Å². The third kappa shape index (κ3) is 3.22. The molecule has 4 rings (SSSR count). The second kappa shape index (κ2) is 6.87. The third-order valence-electron chi connectivity index (χ3n) is 4.23. The summed E-state index contributed by atoms with van der Waals surface area (Å²) in [5.41, 5.74) is 2.97. The first kappa shape index (κ1) is 16.7. The number of carboxylic acid groups (broad SMARTS) is 1. The summed E-state index contributed by atoms with van der Waals surface area (Å²) in [4.78, 5) is 30.4. The molecule has 2 aromatic heterocycles. The number of benzene rings is 2. The topological polar surface area (TPSA) is 100 Å². The number of hydrogen-bond acceptors (Lipinski definition) is 4. The summed E-state index contributed by atoms with van der Waals surface area (Å²) >= 11 is 0. The number of imidazole rings is 1. The molecule has 7 heteroatoms. The zero-order valence-electron chi connectivity index (χ0n) is 14.3. The van der Waals surface area contributed by atoms with Gasteiger partial charge in [-0.15, -0.1) is 0 Å². The number of carbonyl (C=O) groups is 1. The van der Waals surface area contributed by atoms with Crippen LogP contribution in [0.15, 0.2) is 65.5 Å². The van der Waals surface area contributed by atoms with Gasteiger partial charge in [0.2, 0.25) is 5.78 Å². The quantitative estimate of drug-likeness (QED) is 0.570. The predicted octanol–water partition coefficient (Wildman–Crippen LogP) is 2.77. The van der Waals surface area contributed by atoms with E-state index in [4.69, 9.17) is 5.11 Å². The number of rotatable bonds is 5. The Morgan fingerprint density at radius 3 is 2.26 bits per heavy atom. The van der Waals surface area contributed by atoms with E-state index in [0.717, 1.165) is 16.8 Å². The molecule has 27 heavy (non-hydrogen) atoms. The maximum Gasteiger partial charge on any atom is 0.303 e. The standard InChI is InChI=1S/C20H16N4O3/c25-16(26)12-11-15-19(27)22-20-21-17(13-7-3-1-4-8-13)18(24(20)23-15)14-9-5-2-6-10-14/h1-10H,11-12H2,(H,25,26)(H,21,22,27). The second-order valence-electron chi connectivity index (χ2n) is 6.07. The van der Waals surface area contributed by atoms with Crippen molar-refractivity contribution in [3.05, 3.63) is 76.7 Å². The first-order valence-electron chi connectivity index (χ1n) is 8.48. The lowest BCUT2D eigenvalue weighted by atomic mass is 10.1. The minimum atomic E-state index is -0.977. The molecule has 0 aliphatic carbocycles. The van der Waals surface area contributed by atoms with Crippen LogP contribution >= 0.6 is 0 Å². The largest absolute Gasteiger partial charge is 0.481 e. The van der Waals surface area contributed by atoms with E-state index in [1.54, 1.807) is 4.52 Å². The molecular weight excluding hydrogens is 344 g/mol. The summed E-state index contributed by atoms with van der Waals surface area (Å²) in [6, 6.07) is 19.3. The zero-order valence-corrected chi connectivity index (χ0v) is 14.3. The summed E-state index contributed by atoms with van der Waals surface area (Å²) in [6.45, 7) is 0. The Morgan fingerprint density at radius 1 is 1.00 bits per heavy atom. The lowest BCUT2D eigenvalue weighted by Gasteiger charge is -2.05. The van der Waals surface area contributed by atoms with Crippen molar-refractivity contribution < 1.29 is 9.90 Å². The highest BCUT2D eigenvalue weighted by atomic mass is 16.4. The Kier molecular flexibility index (Phi) is 4.25. The molecule has 2 N–H and O–H groups in total. The number of aliphatic carboxylic acids is 1. The lowest BCUT2D eigenvalue weighted by Crippen LogP contribution is -2.19. The van der Waals surface area contributed by atoms with E-state index in [-0.39, 0.29) is 18.5 Å². The van der Waals surface area contributed by atoms with Crippen molar-refractivity contribution in [3.8, 4) is 22.5 Å². The van der Waals surface area contributed by atoms with Gasteiger partial charge < -0.3 is 5.11 Å². The molecule has 2 aromatic carbocycles. The Bertz CT molecular complexity index is 1160. The van der Waals surface area contributed by atoms with Gasteiger partial charge in [-0.3, -0.25) is 14.6 Å². The maximum absolute atomic E-state index is 12.3. The van der Waals surface area contributed by atoms with Gasteiger partial charge in [0.1, 0.15) is 17.1 Å². The summed E-state index contributed by atoms with van der Waals surface area (Å²) in [7, 11) is 0.